The second-order valence-electron chi connectivity index (χ2n) is 2.37. The van der Waals surface area contributed by atoms with Crippen molar-refractivity contribution in [3.63, 3.8) is 0 Å². The van der Waals surface area contributed by atoms with Crippen molar-refractivity contribution < 1.29 is 9.59 Å². The second kappa shape index (κ2) is 5.59. The van der Waals surface area contributed by atoms with Crippen LogP contribution in [0.2, 0.25) is 0 Å². The van der Waals surface area contributed by atoms with Crippen molar-refractivity contribution in [2.45, 2.75) is 20.3 Å². The molecule has 0 aromatic carbocycles. The van der Waals surface area contributed by atoms with Crippen LogP contribution in [0.3, 0.4) is 0 Å². The van der Waals surface area contributed by atoms with Crippen LogP contribution in [0.1, 0.15) is 20.3 Å². The Morgan fingerprint density at radius 2 is 1.36 bits per heavy atom. The molecule has 2 nitrogen and oxygen atoms in total. The normalized spacial score (nSPS) is 12.9. The van der Waals surface area contributed by atoms with Crippen molar-refractivity contribution in [2.24, 2.45) is 0 Å². The fourth-order valence-electron chi connectivity index (χ4n) is 0.527. The van der Waals surface area contributed by atoms with Gasteiger partial charge in [-0.2, -0.15) is 0 Å². The molecule has 0 heterocycles. The lowest BCUT2D eigenvalue weighted by atomic mass is 10.2. The van der Waals surface area contributed by atoms with E-state index < -0.39 is 0 Å². The third-order valence-electron chi connectivity index (χ3n) is 1.25. The molecule has 0 aliphatic carbocycles. The molecule has 0 aromatic rings. The lowest BCUT2D eigenvalue weighted by Gasteiger charge is -1.86. The number of carbonyl (C=O) groups excluding carboxylic acids is 2. The molecule has 0 aliphatic rings. The highest BCUT2D eigenvalue weighted by molar-refractivity contribution is 5.73. The summed E-state index contributed by atoms with van der Waals surface area (Å²) < 4.78 is 0. The van der Waals surface area contributed by atoms with Gasteiger partial charge in [-0.05, 0) is 31.4 Å². The second-order valence-corrected chi connectivity index (χ2v) is 2.37. The summed E-state index contributed by atoms with van der Waals surface area (Å²) in [6.07, 6.45) is 5.79. The van der Waals surface area contributed by atoms with Gasteiger partial charge in [-0.25, -0.2) is 0 Å². The molecule has 0 atom stereocenters. The number of hydrogen-bond acceptors (Lipinski definition) is 2. The van der Waals surface area contributed by atoms with Crippen molar-refractivity contribution in [1.29, 1.82) is 0 Å². The molecule has 0 unspecified atom stereocenters. The van der Waals surface area contributed by atoms with Gasteiger partial charge in [-0.15, -0.1) is 0 Å². The van der Waals surface area contributed by atoms with Crippen LogP contribution >= 0.6 is 0 Å². The van der Waals surface area contributed by atoms with Crippen molar-refractivity contribution in [3.8, 4) is 0 Å². The number of allylic oxidation sites excluding steroid dienone is 4. The molecule has 11 heavy (non-hydrogen) atoms. The molecule has 0 rings (SSSR count). The molecule has 0 amide bonds. The first-order valence-corrected chi connectivity index (χ1v) is 3.44. The van der Waals surface area contributed by atoms with E-state index in [1.165, 1.54) is 0 Å². The molecule has 2 heteroatoms. The van der Waals surface area contributed by atoms with Crippen molar-refractivity contribution in [2.75, 3.05) is 0 Å². The van der Waals surface area contributed by atoms with E-state index in [0.717, 1.165) is 12.6 Å². The summed E-state index contributed by atoms with van der Waals surface area (Å²) in [6, 6.07) is 0. The minimum atomic E-state index is 0.648. The van der Waals surface area contributed by atoms with Gasteiger partial charge in [-0.1, -0.05) is 12.2 Å². The minimum Gasteiger partial charge on any atom is -0.298 e. The molecule has 0 saturated heterocycles. The molecule has 0 aromatic heterocycles. The molecule has 0 bridgehead atoms. The van der Waals surface area contributed by atoms with Crippen LogP contribution in [0.25, 0.3) is 0 Å². The van der Waals surface area contributed by atoms with E-state index in [2.05, 4.69) is 0 Å². The quantitative estimate of drug-likeness (QED) is 0.453. The highest BCUT2D eigenvalue weighted by atomic mass is 16.1. The van der Waals surface area contributed by atoms with Crippen molar-refractivity contribution >= 4 is 12.6 Å². The molecule has 0 fully saturated rings. The molecular formula is C9H12O2. The average Bonchev–Trinajstić information content (AvgIpc) is 2.04. The standard InChI is InChI=1S/C9H12O2/c1-8(6-10)4-3-5-9(2)7-11/h4-7H,3H2,1-2H3/b8-4+,9-5?. The van der Waals surface area contributed by atoms with E-state index in [1.54, 1.807) is 26.0 Å². The summed E-state index contributed by atoms with van der Waals surface area (Å²) >= 11 is 0. The maximum Gasteiger partial charge on any atom is 0.145 e. The molecule has 0 N–H and O–H groups in total. The van der Waals surface area contributed by atoms with E-state index in [4.69, 9.17) is 0 Å². The Balaban J connectivity index is 3.89. The largest absolute Gasteiger partial charge is 0.298 e. The lowest BCUT2D eigenvalue weighted by molar-refractivity contribution is -0.105. The monoisotopic (exact) mass is 152 g/mol. The van der Waals surface area contributed by atoms with E-state index in [-0.39, 0.29) is 0 Å². The van der Waals surface area contributed by atoms with Crippen molar-refractivity contribution in [3.05, 3.63) is 23.3 Å². The molecular weight excluding hydrogens is 140 g/mol. The number of carbonyl (C=O) groups is 2. The lowest BCUT2D eigenvalue weighted by Crippen LogP contribution is -1.77. The van der Waals surface area contributed by atoms with Crippen LogP contribution in [-0.2, 0) is 9.59 Å². The highest BCUT2D eigenvalue weighted by Crippen LogP contribution is 1.95. The van der Waals surface area contributed by atoms with Crippen LogP contribution in [0.15, 0.2) is 23.3 Å². The molecule has 0 aliphatic heterocycles. The number of hydrogen-bond donors (Lipinski definition) is 0. The Kier molecular flexibility index (Phi) is 4.99. The van der Waals surface area contributed by atoms with Gasteiger partial charge in [-0.3, -0.25) is 9.59 Å². The predicted octanol–water partition coefficient (Wildman–Crippen LogP) is 1.67. The Morgan fingerprint density at radius 1 is 1.00 bits per heavy atom. The summed E-state index contributed by atoms with van der Waals surface area (Å²) in [5.41, 5.74) is 1.39. The zero-order chi connectivity index (χ0) is 8.69. The van der Waals surface area contributed by atoms with Gasteiger partial charge in [0, 0.05) is 0 Å². The molecule has 0 saturated carbocycles. The Bertz CT molecular complexity index is 178. The first-order valence-electron chi connectivity index (χ1n) is 3.44. The highest BCUT2D eigenvalue weighted by Gasteiger charge is 1.83. The fourth-order valence-corrected chi connectivity index (χ4v) is 0.527. The van der Waals surface area contributed by atoms with Crippen LogP contribution < -0.4 is 0 Å². The van der Waals surface area contributed by atoms with Crippen molar-refractivity contribution in [1.82, 2.24) is 0 Å². The summed E-state index contributed by atoms with van der Waals surface area (Å²) in [5.74, 6) is 0. The molecule has 60 valence electrons. The number of rotatable bonds is 4. The smallest absolute Gasteiger partial charge is 0.145 e. The van der Waals surface area contributed by atoms with Crippen LogP contribution in [0.5, 0.6) is 0 Å². The maximum atomic E-state index is 10.1. The van der Waals surface area contributed by atoms with Gasteiger partial charge in [0.2, 0.25) is 0 Å². The van der Waals surface area contributed by atoms with E-state index in [0.29, 0.717) is 17.6 Å². The van der Waals surface area contributed by atoms with Gasteiger partial charge < -0.3 is 0 Å². The van der Waals surface area contributed by atoms with Gasteiger partial charge in [0.25, 0.3) is 0 Å². The third-order valence-corrected chi connectivity index (χ3v) is 1.25. The van der Waals surface area contributed by atoms with Crippen LogP contribution in [-0.4, -0.2) is 12.6 Å². The molecule has 0 spiro atoms. The average molecular weight is 152 g/mol. The fraction of sp³-hybridized carbons (Fsp3) is 0.333. The van der Waals surface area contributed by atoms with Crippen LogP contribution in [0.4, 0.5) is 0 Å². The SMILES string of the molecule is CC(C=O)=CC/C=C(\C)C=O. The van der Waals surface area contributed by atoms with Gasteiger partial charge in [0.1, 0.15) is 12.6 Å². The summed E-state index contributed by atoms with van der Waals surface area (Å²) in [4.78, 5) is 20.2. The third kappa shape index (κ3) is 5.27. The zero-order valence-electron chi connectivity index (χ0n) is 6.83. The Hall–Kier alpha value is -1.18. The maximum absolute atomic E-state index is 10.1. The van der Waals surface area contributed by atoms with Gasteiger partial charge >= 0.3 is 0 Å². The zero-order valence-corrected chi connectivity index (χ0v) is 6.83. The van der Waals surface area contributed by atoms with Crippen LogP contribution in [0, 0.1) is 0 Å². The first kappa shape index (κ1) is 9.82. The predicted molar refractivity (Wildman–Crippen MR) is 44.3 cm³/mol. The minimum absolute atomic E-state index is 0.648. The van der Waals surface area contributed by atoms with E-state index in [9.17, 15) is 9.59 Å². The molecule has 0 radical (unpaired) electrons. The van der Waals surface area contributed by atoms with E-state index >= 15 is 0 Å². The summed E-state index contributed by atoms with van der Waals surface area (Å²) in [7, 11) is 0. The van der Waals surface area contributed by atoms with E-state index in [1.807, 2.05) is 0 Å². The summed E-state index contributed by atoms with van der Waals surface area (Å²) in [6.45, 7) is 3.47. The number of aldehydes is 2. The summed E-state index contributed by atoms with van der Waals surface area (Å²) in [5, 5.41) is 0. The topological polar surface area (TPSA) is 34.1 Å². The Morgan fingerprint density at radius 3 is 1.64 bits per heavy atom. The first-order chi connectivity index (χ1) is 5.20. The van der Waals surface area contributed by atoms with Gasteiger partial charge in [0.15, 0.2) is 0 Å². The Labute approximate surface area is 66.6 Å². The van der Waals surface area contributed by atoms with Gasteiger partial charge in [0.05, 0.1) is 0 Å².